The van der Waals surface area contributed by atoms with Crippen molar-refractivity contribution in [3.8, 4) is 11.5 Å². The molecule has 0 aliphatic carbocycles. The highest BCUT2D eigenvalue weighted by Crippen LogP contribution is 2.30. The van der Waals surface area contributed by atoms with Gasteiger partial charge < -0.3 is 25.0 Å². The van der Waals surface area contributed by atoms with Gasteiger partial charge in [-0.1, -0.05) is 26.0 Å². The Bertz CT molecular complexity index is 965. The Morgan fingerprint density at radius 1 is 1.12 bits per heavy atom. The fraction of sp³-hybridized carbons (Fsp3) is 0.440. The van der Waals surface area contributed by atoms with E-state index in [2.05, 4.69) is 25.7 Å². The van der Waals surface area contributed by atoms with Crippen molar-refractivity contribution in [2.45, 2.75) is 37.7 Å². The molecule has 2 N–H and O–H groups in total. The highest BCUT2D eigenvalue weighted by Gasteiger charge is 2.28. The van der Waals surface area contributed by atoms with Crippen molar-refractivity contribution in [2.75, 3.05) is 38.4 Å². The van der Waals surface area contributed by atoms with Gasteiger partial charge in [-0.05, 0) is 54.5 Å². The number of amides is 2. The van der Waals surface area contributed by atoms with E-state index in [1.54, 1.807) is 29.8 Å². The van der Waals surface area contributed by atoms with Crippen LogP contribution in [0.15, 0.2) is 42.5 Å². The van der Waals surface area contributed by atoms with Crippen LogP contribution in [0.25, 0.3) is 0 Å². The molecule has 0 radical (unpaired) electrons. The number of nitrogens with zero attached hydrogens (tertiary/aromatic N) is 2. The van der Waals surface area contributed by atoms with Crippen LogP contribution < -0.4 is 20.1 Å². The molecule has 1 aliphatic rings. The highest BCUT2D eigenvalue weighted by molar-refractivity contribution is 8.01. The third kappa shape index (κ3) is 6.35. The van der Waals surface area contributed by atoms with Gasteiger partial charge in [-0.2, -0.15) is 0 Å². The molecule has 3 rings (SSSR count). The number of primary amides is 1. The molecule has 1 unspecified atom stereocenters. The third-order valence-electron chi connectivity index (χ3n) is 5.51. The zero-order valence-electron chi connectivity index (χ0n) is 19.7. The van der Waals surface area contributed by atoms with Gasteiger partial charge in [0.1, 0.15) is 18.1 Å². The third-order valence-corrected chi connectivity index (χ3v) is 6.79. The summed E-state index contributed by atoms with van der Waals surface area (Å²) < 4.78 is 11.2. The minimum absolute atomic E-state index is 0.0207. The van der Waals surface area contributed by atoms with E-state index in [9.17, 15) is 9.59 Å². The standard InChI is InChI=1S/C25H33N3O4S/c1-5-27-16-28(25(30)21-15-20(31-4)10-11-22(21)27)12-13-32-19-8-6-18(7-9-19)14-23(24(26)29)33-17(2)3/h6-11,15,17,23H,5,12-14,16H2,1-4H3,(H2,26,29). The highest BCUT2D eigenvalue weighted by atomic mass is 32.2. The molecule has 0 bridgehead atoms. The van der Waals surface area contributed by atoms with Gasteiger partial charge >= 0.3 is 0 Å². The molecule has 1 atom stereocenters. The van der Waals surface area contributed by atoms with E-state index in [0.29, 0.717) is 42.8 Å². The maximum absolute atomic E-state index is 13.0. The first kappa shape index (κ1) is 24.8. The number of fused-ring (bicyclic) bond motifs is 1. The smallest absolute Gasteiger partial charge is 0.257 e. The van der Waals surface area contributed by atoms with Crippen molar-refractivity contribution in [1.29, 1.82) is 0 Å². The number of methoxy groups -OCH3 is 1. The summed E-state index contributed by atoms with van der Waals surface area (Å²) in [4.78, 5) is 28.7. The second-order valence-electron chi connectivity index (χ2n) is 8.22. The van der Waals surface area contributed by atoms with Crippen LogP contribution in [0.5, 0.6) is 11.5 Å². The normalized spacial score (nSPS) is 14.3. The summed E-state index contributed by atoms with van der Waals surface area (Å²) in [6, 6.07) is 13.3. The van der Waals surface area contributed by atoms with E-state index in [1.807, 2.05) is 36.4 Å². The molecule has 0 saturated carbocycles. The molecular weight excluding hydrogens is 438 g/mol. The Balaban J connectivity index is 1.57. The molecule has 2 aromatic rings. The fourth-order valence-corrected chi connectivity index (χ4v) is 4.88. The predicted molar refractivity (Wildman–Crippen MR) is 133 cm³/mol. The molecule has 8 heteroatoms. The molecule has 0 spiro atoms. The quantitative estimate of drug-likeness (QED) is 0.540. The number of hydrogen-bond acceptors (Lipinski definition) is 6. The summed E-state index contributed by atoms with van der Waals surface area (Å²) in [5.41, 5.74) is 8.17. The Morgan fingerprint density at radius 3 is 2.42 bits per heavy atom. The van der Waals surface area contributed by atoms with Gasteiger partial charge in [0, 0.05) is 6.54 Å². The maximum Gasteiger partial charge on any atom is 0.257 e. The second-order valence-corrected chi connectivity index (χ2v) is 10.0. The fourth-order valence-electron chi connectivity index (χ4n) is 3.80. The van der Waals surface area contributed by atoms with Crippen LogP contribution in [-0.4, -0.2) is 60.7 Å². The van der Waals surface area contributed by atoms with Crippen LogP contribution >= 0.6 is 11.8 Å². The second kappa shape index (κ2) is 11.3. The van der Waals surface area contributed by atoms with Gasteiger partial charge in [-0.25, -0.2) is 0 Å². The summed E-state index contributed by atoms with van der Waals surface area (Å²) in [6.45, 7) is 8.37. The predicted octanol–water partition coefficient (Wildman–Crippen LogP) is 3.55. The zero-order chi connectivity index (χ0) is 24.0. The van der Waals surface area contributed by atoms with E-state index in [-0.39, 0.29) is 17.1 Å². The summed E-state index contributed by atoms with van der Waals surface area (Å²) in [5.74, 6) is 1.08. The molecule has 178 valence electrons. The Kier molecular flexibility index (Phi) is 8.49. The van der Waals surface area contributed by atoms with Crippen molar-refractivity contribution >= 4 is 29.3 Å². The topological polar surface area (TPSA) is 85.1 Å². The number of carbonyl (C=O) groups is 2. The molecular formula is C25H33N3O4S. The number of rotatable bonds is 11. The van der Waals surface area contributed by atoms with Crippen molar-refractivity contribution in [3.63, 3.8) is 0 Å². The van der Waals surface area contributed by atoms with Crippen LogP contribution in [0, 0.1) is 0 Å². The first-order chi connectivity index (χ1) is 15.8. The molecule has 2 amide bonds. The monoisotopic (exact) mass is 471 g/mol. The molecule has 0 saturated heterocycles. The minimum Gasteiger partial charge on any atom is -0.497 e. The first-order valence-corrected chi connectivity index (χ1v) is 12.2. The molecule has 1 heterocycles. The van der Waals surface area contributed by atoms with Gasteiger partial charge in [0.2, 0.25) is 5.91 Å². The van der Waals surface area contributed by atoms with E-state index in [0.717, 1.165) is 23.5 Å². The summed E-state index contributed by atoms with van der Waals surface area (Å²) in [7, 11) is 1.60. The SMILES string of the molecule is CCN1CN(CCOc2ccc(CC(SC(C)C)C(N)=O)cc2)C(=O)c2cc(OC)ccc21. The van der Waals surface area contributed by atoms with E-state index < -0.39 is 0 Å². The van der Waals surface area contributed by atoms with Crippen molar-refractivity contribution in [1.82, 2.24) is 4.90 Å². The Morgan fingerprint density at radius 2 is 1.82 bits per heavy atom. The van der Waals surface area contributed by atoms with Crippen LogP contribution in [0.4, 0.5) is 5.69 Å². The molecule has 0 aromatic heterocycles. The largest absolute Gasteiger partial charge is 0.497 e. The van der Waals surface area contributed by atoms with Crippen LogP contribution in [0.3, 0.4) is 0 Å². The van der Waals surface area contributed by atoms with Crippen molar-refractivity contribution < 1.29 is 19.1 Å². The average molecular weight is 472 g/mol. The van der Waals surface area contributed by atoms with Gasteiger partial charge in [-0.3, -0.25) is 9.59 Å². The lowest BCUT2D eigenvalue weighted by atomic mass is 10.1. The Labute approximate surface area is 200 Å². The number of anilines is 1. The first-order valence-electron chi connectivity index (χ1n) is 11.2. The zero-order valence-corrected chi connectivity index (χ0v) is 20.6. The maximum atomic E-state index is 13.0. The lowest BCUT2D eigenvalue weighted by Crippen LogP contribution is -2.48. The summed E-state index contributed by atoms with van der Waals surface area (Å²) in [5, 5.41) is 0.0872. The van der Waals surface area contributed by atoms with Crippen molar-refractivity contribution in [2.24, 2.45) is 5.73 Å². The number of carbonyl (C=O) groups excluding carboxylic acids is 2. The average Bonchev–Trinajstić information content (AvgIpc) is 2.80. The van der Waals surface area contributed by atoms with E-state index in [4.69, 9.17) is 15.2 Å². The van der Waals surface area contributed by atoms with Gasteiger partial charge in [-0.15, -0.1) is 11.8 Å². The lowest BCUT2D eigenvalue weighted by Gasteiger charge is -2.37. The van der Waals surface area contributed by atoms with E-state index in [1.165, 1.54) is 0 Å². The minimum atomic E-state index is -0.291. The molecule has 2 aromatic carbocycles. The number of ether oxygens (including phenoxy) is 2. The summed E-state index contributed by atoms with van der Waals surface area (Å²) >= 11 is 1.58. The number of hydrogen-bond donors (Lipinski definition) is 1. The van der Waals surface area contributed by atoms with Gasteiger partial charge in [0.25, 0.3) is 5.91 Å². The van der Waals surface area contributed by atoms with Gasteiger partial charge in [0.05, 0.1) is 36.8 Å². The summed E-state index contributed by atoms with van der Waals surface area (Å²) in [6.07, 6.45) is 0.594. The van der Waals surface area contributed by atoms with Crippen LogP contribution in [0.2, 0.25) is 0 Å². The number of thioether (sulfide) groups is 1. The molecule has 1 aliphatic heterocycles. The number of nitrogens with two attached hydrogens (primary N) is 1. The molecule has 33 heavy (non-hydrogen) atoms. The number of benzene rings is 2. The molecule has 7 nitrogen and oxygen atoms in total. The van der Waals surface area contributed by atoms with E-state index >= 15 is 0 Å². The van der Waals surface area contributed by atoms with Crippen LogP contribution in [0.1, 0.15) is 36.7 Å². The lowest BCUT2D eigenvalue weighted by molar-refractivity contribution is -0.117. The Hall–Kier alpha value is -2.87. The molecule has 0 fully saturated rings. The van der Waals surface area contributed by atoms with Crippen LogP contribution in [-0.2, 0) is 11.2 Å². The van der Waals surface area contributed by atoms with Crippen molar-refractivity contribution in [3.05, 3.63) is 53.6 Å². The van der Waals surface area contributed by atoms with Gasteiger partial charge in [0.15, 0.2) is 0 Å².